The zero-order valence-corrected chi connectivity index (χ0v) is 9.09. The van der Waals surface area contributed by atoms with Crippen molar-refractivity contribution in [2.75, 3.05) is 0 Å². The SMILES string of the molecule is FC(Cl)(I)C(F)(Cl)I. The van der Waals surface area contributed by atoms with Crippen LogP contribution in [0.1, 0.15) is 0 Å². The summed E-state index contributed by atoms with van der Waals surface area (Å²) in [6, 6.07) is 0. The first-order valence-electron chi connectivity index (χ1n) is 1.38. The van der Waals surface area contributed by atoms with Gasteiger partial charge in [-0.1, -0.05) is 23.2 Å². The molecule has 0 spiro atoms. The molecule has 0 N–H and O–H groups in total. The lowest BCUT2D eigenvalue weighted by atomic mass is 10.8. The molecule has 0 aromatic rings. The molecule has 0 rings (SSSR count). The molecule has 50 valence electrons. The number of hydrogen-bond donors (Lipinski definition) is 0. The lowest BCUT2D eigenvalue weighted by Gasteiger charge is -2.16. The van der Waals surface area contributed by atoms with Gasteiger partial charge in [0.1, 0.15) is 0 Å². The summed E-state index contributed by atoms with van der Waals surface area (Å²) in [6.45, 7) is 0. The summed E-state index contributed by atoms with van der Waals surface area (Å²) in [5.41, 5.74) is 0. The van der Waals surface area contributed by atoms with Crippen molar-refractivity contribution in [3.8, 4) is 0 Å². The van der Waals surface area contributed by atoms with Gasteiger partial charge >= 0.3 is 0 Å². The van der Waals surface area contributed by atoms with Crippen molar-refractivity contribution >= 4 is 68.4 Å². The van der Waals surface area contributed by atoms with Gasteiger partial charge in [0.15, 0.2) is 0 Å². The van der Waals surface area contributed by atoms with Gasteiger partial charge in [0.25, 0.3) is 6.27 Å². The number of hydrogen-bond acceptors (Lipinski definition) is 0. The molecule has 0 aromatic heterocycles. The van der Waals surface area contributed by atoms with Crippen molar-refractivity contribution in [2.24, 2.45) is 0 Å². The standard InChI is InChI=1S/C2Cl2F2I2/c3-1(5,7)2(4,6)8. The Kier molecular flexibility index (Phi) is 3.56. The van der Waals surface area contributed by atoms with E-state index in [0.717, 1.165) is 45.2 Å². The largest absolute Gasteiger partial charge is 0.290 e. The van der Waals surface area contributed by atoms with Crippen molar-refractivity contribution in [1.82, 2.24) is 0 Å². The molecule has 6 heteroatoms. The van der Waals surface area contributed by atoms with Crippen LogP contribution in [0.4, 0.5) is 8.78 Å². The molecule has 0 bridgehead atoms. The van der Waals surface area contributed by atoms with E-state index in [-0.39, 0.29) is 0 Å². The van der Waals surface area contributed by atoms with Crippen LogP contribution in [0.2, 0.25) is 0 Å². The van der Waals surface area contributed by atoms with Gasteiger partial charge in [0.2, 0.25) is 0 Å². The smallest absolute Gasteiger partial charge is 0.208 e. The summed E-state index contributed by atoms with van der Waals surface area (Å²) in [6.07, 6.45) is 0. The Bertz CT molecular complexity index is 71.0. The van der Waals surface area contributed by atoms with Crippen molar-refractivity contribution < 1.29 is 8.78 Å². The Morgan fingerprint density at radius 1 is 1.00 bits per heavy atom. The maximum atomic E-state index is 12.1. The van der Waals surface area contributed by atoms with Crippen molar-refractivity contribution in [1.29, 1.82) is 0 Å². The third kappa shape index (κ3) is 3.17. The van der Waals surface area contributed by atoms with Crippen LogP contribution in [0.5, 0.6) is 0 Å². The molecule has 0 saturated heterocycles. The summed E-state index contributed by atoms with van der Waals surface area (Å²) in [4.78, 5) is 0. The van der Waals surface area contributed by atoms with E-state index >= 15 is 0 Å². The van der Waals surface area contributed by atoms with Crippen LogP contribution in [-0.2, 0) is 0 Å². The molecule has 0 aromatic carbocycles. The minimum Gasteiger partial charge on any atom is -0.208 e. The van der Waals surface area contributed by atoms with Gasteiger partial charge in [-0.15, -0.1) is 0 Å². The molecule has 0 fully saturated rings. The van der Waals surface area contributed by atoms with Gasteiger partial charge in [-0.05, 0) is 45.2 Å². The molecule has 0 radical (unpaired) electrons. The maximum Gasteiger partial charge on any atom is 0.290 e. The first-order valence-corrected chi connectivity index (χ1v) is 4.30. The second kappa shape index (κ2) is 2.87. The lowest BCUT2D eigenvalue weighted by molar-refractivity contribution is 0.277. The molecular formula is C2Cl2F2I2. The van der Waals surface area contributed by atoms with Gasteiger partial charge in [0, 0.05) is 0 Å². The summed E-state index contributed by atoms with van der Waals surface area (Å²) < 4.78 is 19.2. The highest BCUT2D eigenvalue weighted by molar-refractivity contribution is 14.1. The van der Waals surface area contributed by atoms with Gasteiger partial charge in [-0.2, -0.15) is 0 Å². The summed E-state index contributed by atoms with van der Waals surface area (Å²) >= 11 is 11.8. The summed E-state index contributed by atoms with van der Waals surface area (Å²) in [5, 5.41) is 0. The molecule has 0 aliphatic rings. The second-order valence-electron chi connectivity index (χ2n) is 0.996. The van der Waals surface area contributed by atoms with Gasteiger partial charge in [0.05, 0.1) is 0 Å². The first kappa shape index (κ1) is 9.90. The fourth-order valence-electron chi connectivity index (χ4n) is 0. The Morgan fingerprint density at radius 3 is 1.12 bits per heavy atom. The minimum atomic E-state index is -2.53. The molecular weight excluding hydrogens is 387 g/mol. The Morgan fingerprint density at radius 2 is 1.12 bits per heavy atom. The van der Waals surface area contributed by atoms with E-state index in [2.05, 4.69) is 0 Å². The third-order valence-corrected chi connectivity index (χ3v) is 4.10. The number of rotatable bonds is 1. The molecule has 2 unspecified atom stereocenters. The second-order valence-corrected chi connectivity index (χ2v) is 6.29. The molecule has 0 amide bonds. The van der Waals surface area contributed by atoms with E-state index < -0.39 is 6.27 Å². The van der Waals surface area contributed by atoms with E-state index in [1.54, 1.807) is 0 Å². The van der Waals surface area contributed by atoms with Crippen LogP contribution in [0.15, 0.2) is 0 Å². The Hall–Kier alpha value is 1.90. The van der Waals surface area contributed by atoms with Crippen LogP contribution >= 0.6 is 68.4 Å². The molecule has 2 atom stereocenters. The van der Waals surface area contributed by atoms with Gasteiger partial charge in [-0.25, -0.2) is 8.78 Å². The fourth-order valence-corrected chi connectivity index (χ4v) is 0. The molecule has 0 nitrogen and oxygen atoms in total. The average Bonchev–Trinajstić information content (AvgIpc) is 1.25. The molecule has 0 saturated carbocycles. The van der Waals surface area contributed by atoms with Crippen LogP contribution in [-0.4, -0.2) is 6.27 Å². The minimum absolute atomic E-state index is 1.07. The van der Waals surface area contributed by atoms with Crippen molar-refractivity contribution in [3.63, 3.8) is 0 Å². The van der Waals surface area contributed by atoms with Crippen molar-refractivity contribution in [2.45, 2.75) is 6.27 Å². The molecule has 0 heterocycles. The molecule has 8 heavy (non-hydrogen) atoms. The third-order valence-electron chi connectivity index (χ3n) is 0.321. The highest BCUT2D eigenvalue weighted by Crippen LogP contribution is 2.48. The Labute approximate surface area is 82.6 Å². The normalized spacial score (nSPS) is 26.2. The lowest BCUT2D eigenvalue weighted by Crippen LogP contribution is -2.24. The van der Waals surface area contributed by atoms with Crippen LogP contribution < -0.4 is 0 Å². The van der Waals surface area contributed by atoms with E-state index in [0.29, 0.717) is 0 Å². The maximum absolute atomic E-state index is 12.1. The van der Waals surface area contributed by atoms with E-state index in [4.69, 9.17) is 23.2 Å². The van der Waals surface area contributed by atoms with Gasteiger partial charge in [-0.3, -0.25) is 0 Å². The topological polar surface area (TPSA) is 0 Å². The molecule has 0 aliphatic carbocycles. The highest BCUT2D eigenvalue weighted by atomic mass is 127. The Balaban J connectivity index is 4.02. The predicted octanol–water partition coefficient (Wildman–Crippen LogP) is 3.58. The quantitative estimate of drug-likeness (QED) is 0.477. The van der Waals surface area contributed by atoms with Crippen LogP contribution in [0.3, 0.4) is 0 Å². The number of halogens is 6. The summed E-state index contributed by atoms with van der Waals surface area (Å²) in [7, 11) is 0. The number of alkyl halides is 6. The summed E-state index contributed by atoms with van der Waals surface area (Å²) in [5.74, 6) is 0. The monoisotopic (exact) mass is 386 g/mol. The predicted molar refractivity (Wildman–Crippen MR) is 47.4 cm³/mol. The van der Waals surface area contributed by atoms with E-state index in [9.17, 15) is 8.78 Å². The molecule has 0 aliphatic heterocycles. The average molecular weight is 387 g/mol. The van der Waals surface area contributed by atoms with E-state index in [1.165, 1.54) is 0 Å². The van der Waals surface area contributed by atoms with E-state index in [1.807, 2.05) is 0 Å². The zero-order chi connectivity index (χ0) is 7.00. The van der Waals surface area contributed by atoms with Gasteiger partial charge < -0.3 is 0 Å². The highest BCUT2D eigenvalue weighted by Gasteiger charge is 2.47. The van der Waals surface area contributed by atoms with Crippen LogP contribution in [0, 0.1) is 0 Å². The fraction of sp³-hybridized carbons (Fsp3) is 1.00. The van der Waals surface area contributed by atoms with Crippen LogP contribution in [0.25, 0.3) is 0 Å². The zero-order valence-electron chi connectivity index (χ0n) is 3.27. The first-order chi connectivity index (χ1) is 3.25. The van der Waals surface area contributed by atoms with Crippen molar-refractivity contribution in [3.05, 3.63) is 0 Å².